The van der Waals surface area contributed by atoms with Gasteiger partial charge in [0, 0.05) is 31.6 Å². The minimum atomic E-state index is -4.69. The molecule has 0 saturated carbocycles. The number of hydrogen-bond donors (Lipinski definition) is 1. The van der Waals surface area contributed by atoms with E-state index >= 15 is 0 Å². The lowest BCUT2D eigenvalue weighted by molar-refractivity contribution is -0.149. The topological polar surface area (TPSA) is 63.1 Å². The molecule has 1 fully saturated rings. The molecule has 1 aromatic carbocycles. The van der Waals surface area contributed by atoms with Crippen LogP contribution in [0.4, 0.5) is 26.3 Å². The Balaban J connectivity index is 1.61. The summed E-state index contributed by atoms with van der Waals surface area (Å²) in [6, 6.07) is 0.411. The lowest BCUT2D eigenvalue weighted by Gasteiger charge is -2.42. The standard InChI is InChI=1S/C16H13F6N5O/c17-9-6-11(19)10(18)4-7(9)3-8-5-12(28)26-1-2-27-14(13(26)23-8)24-25-15(27)16(20,21)22/h4,6,8,13,23H,1-3,5H2/t8-,13+/m1/s1. The van der Waals surface area contributed by atoms with Crippen molar-refractivity contribution in [2.24, 2.45) is 0 Å². The van der Waals surface area contributed by atoms with Crippen molar-refractivity contribution < 1.29 is 31.1 Å². The number of halogens is 6. The maximum atomic E-state index is 13.9. The lowest BCUT2D eigenvalue weighted by atomic mass is 9.98. The molecule has 4 rings (SSSR count). The molecule has 0 aliphatic carbocycles. The Labute approximate surface area is 154 Å². The average Bonchev–Trinajstić information content (AvgIpc) is 3.04. The maximum Gasteiger partial charge on any atom is 0.451 e. The molecule has 28 heavy (non-hydrogen) atoms. The number of alkyl halides is 3. The zero-order valence-electron chi connectivity index (χ0n) is 14.1. The first-order valence-corrected chi connectivity index (χ1v) is 8.34. The van der Waals surface area contributed by atoms with Gasteiger partial charge in [-0.2, -0.15) is 13.2 Å². The summed E-state index contributed by atoms with van der Waals surface area (Å²) in [6.45, 7) is -0.0829. The summed E-state index contributed by atoms with van der Waals surface area (Å²) >= 11 is 0. The fourth-order valence-electron chi connectivity index (χ4n) is 3.58. The van der Waals surface area contributed by atoms with Crippen LogP contribution < -0.4 is 5.32 Å². The van der Waals surface area contributed by atoms with Crippen molar-refractivity contribution >= 4 is 5.91 Å². The Morgan fingerprint density at radius 1 is 1.07 bits per heavy atom. The van der Waals surface area contributed by atoms with E-state index in [1.54, 1.807) is 0 Å². The van der Waals surface area contributed by atoms with E-state index in [0.29, 0.717) is 12.1 Å². The number of hydrogen-bond acceptors (Lipinski definition) is 4. The van der Waals surface area contributed by atoms with Gasteiger partial charge in [0.25, 0.3) is 0 Å². The third kappa shape index (κ3) is 3.11. The van der Waals surface area contributed by atoms with Gasteiger partial charge in [0.2, 0.25) is 11.7 Å². The highest BCUT2D eigenvalue weighted by Gasteiger charge is 2.45. The van der Waals surface area contributed by atoms with Gasteiger partial charge in [-0.1, -0.05) is 0 Å². The molecular weight excluding hydrogens is 392 g/mol. The van der Waals surface area contributed by atoms with Gasteiger partial charge < -0.3 is 9.47 Å². The smallest absolute Gasteiger partial charge is 0.318 e. The van der Waals surface area contributed by atoms with Crippen LogP contribution in [0.1, 0.15) is 29.8 Å². The van der Waals surface area contributed by atoms with Crippen molar-refractivity contribution in [3.8, 4) is 0 Å². The Morgan fingerprint density at radius 3 is 2.50 bits per heavy atom. The van der Waals surface area contributed by atoms with E-state index in [1.165, 1.54) is 4.90 Å². The average molecular weight is 405 g/mol. The van der Waals surface area contributed by atoms with Crippen LogP contribution in [0.5, 0.6) is 0 Å². The lowest BCUT2D eigenvalue weighted by Crippen LogP contribution is -2.57. The predicted octanol–water partition coefficient (Wildman–Crippen LogP) is 2.16. The summed E-state index contributed by atoms with van der Waals surface area (Å²) in [5.41, 5.74) is -0.147. The van der Waals surface area contributed by atoms with E-state index in [-0.39, 0.29) is 43.2 Å². The second-order valence-corrected chi connectivity index (χ2v) is 6.65. The van der Waals surface area contributed by atoms with Crippen molar-refractivity contribution in [2.45, 2.75) is 37.8 Å². The molecule has 12 heteroatoms. The van der Waals surface area contributed by atoms with Gasteiger partial charge >= 0.3 is 6.18 Å². The van der Waals surface area contributed by atoms with Gasteiger partial charge in [-0.15, -0.1) is 10.2 Å². The van der Waals surface area contributed by atoms with Crippen LogP contribution in [0.3, 0.4) is 0 Å². The summed E-state index contributed by atoms with van der Waals surface area (Å²) in [5.74, 6) is -5.14. The number of carbonyl (C=O) groups excluding carboxylic acids is 1. The van der Waals surface area contributed by atoms with E-state index in [9.17, 15) is 31.1 Å². The second-order valence-electron chi connectivity index (χ2n) is 6.65. The van der Waals surface area contributed by atoms with Gasteiger partial charge in [0.05, 0.1) is 0 Å². The zero-order valence-corrected chi connectivity index (χ0v) is 14.1. The molecule has 1 amide bonds. The molecule has 1 saturated heterocycles. The van der Waals surface area contributed by atoms with Crippen LogP contribution in [-0.2, 0) is 23.9 Å². The van der Waals surface area contributed by atoms with Crippen LogP contribution in [0.25, 0.3) is 0 Å². The third-order valence-corrected chi connectivity index (χ3v) is 4.84. The Morgan fingerprint density at radius 2 is 1.79 bits per heavy atom. The van der Waals surface area contributed by atoms with E-state index in [1.807, 2.05) is 0 Å². The molecule has 1 N–H and O–H groups in total. The van der Waals surface area contributed by atoms with Crippen molar-refractivity contribution in [1.29, 1.82) is 0 Å². The normalized spacial score (nSPS) is 22.2. The summed E-state index contributed by atoms with van der Waals surface area (Å²) < 4.78 is 80.5. The molecular formula is C16H13F6N5O. The summed E-state index contributed by atoms with van der Waals surface area (Å²) in [7, 11) is 0. The predicted molar refractivity (Wildman–Crippen MR) is 81.0 cm³/mol. The van der Waals surface area contributed by atoms with E-state index in [2.05, 4.69) is 15.5 Å². The fourth-order valence-corrected chi connectivity index (χ4v) is 3.58. The largest absolute Gasteiger partial charge is 0.451 e. The molecule has 6 nitrogen and oxygen atoms in total. The number of fused-ring (bicyclic) bond motifs is 3. The van der Waals surface area contributed by atoms with Gasteiger partial charge in [-0.05, 0) is 18.1 Å². The van der Waals surface area contributed by atoms with Gasteiger partial charge in [0.1, 0.15) is 12.0 Å². The summed E-state index contributed by atoms with van der Waals surface area (Å²) in [5, 5.41) is 9.72. The van der Waals surface area contributed by atoms with Gasteiger partial charge in [-0.25, -0.2) is 13.2 Å². The van der Waals surface area contributed by atoms with Crippen LogP contribution >= 0.6 is 0 Å². The van der Waals surface area contributed by atoms with Crippen molar-refractivity contribution in [2.75, 3.05) is 6.54 Å². The van der Waals surface area contributed by atoms with Crippen LogP contribution in [0.2, 0.25) is 0 Å². The number of rotatable bonds is 2. The molecule has 1 aromatic heterocycles. The van der Waals surface area contributed by atoms with Crippen molar-refractivity contribution in [3.05, 3.63) is 46.8 Å². The molecule has 2 aromatic rings. The number of nitrogens with one attached hydrogen (secondary N) is 1. The third-order valence-electron chi connectivity index (χ3n) is 4.84. The minimum absolute atomic E-state index is 0.0247. The van der Waals surface area contributed by atoms with Gasteiger partial charge in [-0.3, -0.25) is 10.1 Å². The van der Waals surface area contributed by atoms with Crippen LogP contribution in [0, 0.1) is 17.5 Å². The first-order chi connectivity index (χ1) is 13.1. The summed E-state index contributed by atoms with van der Waals surface area (Å²) in [6.07, 6.45) is -5.90. The summed E-state index contributed by atoms with van der Waals surface area (Å²) in [4.78, 5) is 13.8. The quantitative estimate of drug-likeness (QED) is 0.615. The Kier molecular flexibility index (Phi) is 4.32. The minimum Gasteiger partial charge on any atom is -0.318 e. The van der Waals surface area contributed by atoms with Crippen LogP contribution in [-0.4, -0.2) is 38.2 Å². The number of carbonyl (C=O) groups is 1. The van der Waals surface area contributed by atoms with Crippen LogP contribution in [0.15, 0.2) is 12.1 Å². The molecule has 0 unspecified atom stereocenters. The molecule has 2 aliphatic rings. The highest BCUT2D eigenvalue weighted by molar-refractivity contribution is 5.78. The van der Waals surface area contributed by atoms with E-state index in [4.69, 9.17) is 0 Å². The maximum absolute atomic E-state index is 13.9. The zero-order chi connectivity index (χ0) is 20.2. The SMILES string of the molecule is O=C1C[C@@H](Cc2cc(F)c(F)cc2F)N[C@@H]2c3nnc(C(F)(F)F)n3CCN12. The highest BCUT2D eigenvalue weighted by Crippen LogP contribution is 2.34. The molecule has 0 bridgehead atoms. The van der Waals surface area contributed by atoms with Crippen molar-refractivity contribution in [3.63, 3.8) is 0 Å². The fraction of sp³-hybridized carbons (Fsp3) is 0.438. The van der Waals surface area contributed by atoms with E-state index in [0.717, 1.165) is 4.57 Å². The first kappa shape index (κ1) is 18.7. The first-order valence-electron chi connectivity index (χ1n) is 8.34. The van der Waals surface area contributed by atoms with Crippen molar-refractivity contribution in [1.82, 2.24) is 25.0 Å². The molecule has 3 heterocycles. The second kappa shape index (κ2) is 6.47. The number of nitrogens with zero attached hydrogens (tertiary/aromatic N) is 4. The Bertz CT molecular complexity index is 942. The molecule has 2 atom stereocenters. The van der Waals surface area contributed by atoms with Gasteiger partial charge in [0.15, 0.2) is 17.5 Å². The van der Waals surface area contributed by atoms with E-state index < -0.39 is 41.7 Å². The molecule has 2 aliphatic heterocycles. The number of amides is 1. The molecule has 150 valence electrons. The molecule has 0 spiro atoms. The number of aromatic nitrogens is 3. The Hall–Kier alpha value is -2.63. The number of benzene rings is 1. The monoisotopic (exact) mass is 405 g/mol. The molecule has 0 radical (unpaired) electrons. The highest BCUT2D eigenvalue weighted by atomic mass is 19.4.